The van der Waals surface area contributed by atoms with Crippen LogP contribution in [0.1, 0.15) is 25.8 Å². The van der Waals surface area contributed by atoms with Crippen LogP contribution in [0.4, 0.5) is 25.0 Å². The van der Waals surface area contributed by atoms with Gasteiger partial charge in [0.2, 0.25) is 5.91 Å². The molecule has 3 rings (SSSR count). The van der Waals surface area contributed by atoms with Crippen LogP contribution >= 0.6 is 0 Å². The number of para-hydroxylation sites is 2. The molecule has 1 aliphatic heterocycles. The molecule has 0 aliphatic carbocycles. The molecule has 1 aliphatic rings. The number of urea groups is 1. The zero-order chi connectivity index (χ0) is 20.3. The maximum absolute atomic E-state index is 13.5. The van der Waals surface area contributed by atoms with Crippen LogP contribution in [0.2, 0.25) is 0 Å². The van der Waals surface area contributed by atoms with Crippen molar-refractivity contribution in [3.8, 4) is 0 Å². The lowest BCUT2D eigenvalue weighted by Gasteiger charge is -2.36. The molecule has 0 saturated carbocycles. The van der Waals surface area contributed by atoms with Crippen LogP contribution in [-0.4, -0.2) is 29.9 Å². The molecule has 0 unspecified atom stereocenters. The standard InChI is InChI=1S/C21H23F2N3O2/c1-14(2)20(27)24-18-6-3-4-7-19(18)26-9-5-8-25(21(26)28)13-15-10-16(22)12-17(23)11-15/h3-4,6-7,10-12,14H,5,8-9,13H2,1-2H3,(H,24,27). The van der Waals surface area contributed by atoms with Crippen LogP contribution in [0.5, 0.6) is 0 Å². The highest BCUT2D eigenvalue weighted by molar-refractivity contribution is 6.01. The highest BCUT2D eigenvalue weighted by atomic mass is 19.1. The van der Waals surface area contributed by atoms with Crippen molar-refractivity contribution < 1.29 is 18.4 Å². The van der Waals surface area contributed by atoms with E-state index in [4.69, 9.17) is 0 Å². The molecule has 1 saturated heterocycles. The summed E-state index contributed by atoms with van der Waals surface area (Å²) in [6, 6.07) is 10.1. The van der Waals surface area contributed by atoms with Crippen LogP contribution < -0.4 is 10.2 Å². The van der Waals surface area contributed by atoms with Crippen molar-refractivity contribution >= 4 is 23.3 Å². The van der Waals surface area contributed by atoms with Crippen molar-refractivity contribution in [3.05, 3.63) is 59.7 Å². The van der Waals surface area contributed by atoms with Gasteiger partial charge in [0.05, 0.1) is 11.4 Å². The van der Waals surface area contributed by atoms with E-state index in [0.29, 0.717) is 36.4 Å². The quantitative estimate of drug-likeness (QED) is 0.827. The van der Waals surface area contributed by atoms with Crippen molar-refractivity contribution in [2.24, 2.45) is 5.92 Å². The van der Waals surface area contributed by atoms with Gasteiger partial charge in [0.1, 0.15) is 11.6 Å². The highest BCUT2D eigenvalue weighted by Crippen LogP contribution is 2.29. The fourth-order valence-corrected chi connectivity index (χ4v) is 3.17. The molecule has 0 radical (unpaired) electrons. The summed E-state index contributed by atoms with van der Waals surface area (Å²) in [7, 11) is 0. The molecule has 1 fully saturated rings. The summed E-state index contributed by atoms with van der Waals surface area (Å²) in [4.78, 5) is 28.3. The number of halogens is 2. The van der Waals surface area contributed by atoms with Gasteiger partial charge in [-0.25, -0.2) is 13.6 Å². The van der Waals surface area contributed by atoms with E-state index in [9.17, 15) is 18.4 Å². The van der Waals surface area contributed by atoms with Gasteiger partial charge in [-0.15, -0.1) is 0 Å². The maximum atomic E-state index is 13.5. The Bertz CT molecular complexity index is 865. The summed E-state index contributed by atoms with van der Waals surface area (Å²) in [6.45, 7) is 4.70. The molecule has 2 aromatic carbocycles. The largest absolute Gasteiger partial charge is 0.324 e. The molecule has 7 heteroatoms. The van der Waals surface area contributed by atoms with Gasteiger partial charge in [0.25, 0.3) is 0 Å². The Kier molecular flexibility index (Phi) is 5.92. The Morgan fingerprint density at radius 2 is 1.79 bits per heavy atom. The van der Waals surface area contributed by atoms with E-state index in [1.165, 1.54) is 12.1 Å². The lowest BCUT2D eigenvalue weighted by Crippen LogP contribution is -2.49. The lowest BCUT2D eigenvalue weighted by atomic mass is 10.1. The number of carbonyl (C=O) groups is 2. The van der Waals surface area contributed by atoms with Crippen LogP contribution in [0.3, 0.4) is 0 Å². The van der Waals surface area contributed by atoms with E-state index >= 15 is 0 Å². The molecule has 148 valence electrons. The van der Waals surface area contributed by atoms with Gasteiger partial charge in [-0.05, 0) is 36.2 Å². The van der Waals surface area contributed by atoms with Crippen LogP contribution in [0, 0.1) is 17.6 Å². The number of hydrogen-bond acceptors (Lipinski definition) is 2. The van der Waals surface area contributed by atoms with E-state index in [0.717, 1.165) is 6.07 Å². The Morgan fingerprint density at radius 1 is 1.11 bits per heavy atom. The third kappa shape index (κ3) is 4.47. The predicted octanol–water partition coefficient (Wildman–Crippen LogP) is 4.39. The molecule has 0 atom stereocenters. The smallest absolute Gasteiger partial charge is 0.324 e. The predicted molar refractivity (Wildman–Crippen MR) is 104 cm³/mol. The summed E-state index contributed by atoms with van der Waals surface area (Å²) in [5.41, 5.74) is 1.57. The van der Waals surface area contributed by atoms with E-state index in [2.05, 4.69) is 5.32 Å². The first-order valence-electron chi connectivity index (χ1n) is 9.26. The first kappa shape index (κ1) is 19.8. The normalized spacial score (nSPS) is 14.5. The van der Waals surface area contributed by atoms with Crippen molar-refractivity contribution in [2.45, 2.75) is 26.8 Å². The van der Waals surface area contributed by atoms with Crippen LogP contribution in [0.15, 0.2) is 42.5 Å². The third-order valence-electron chi connectivity index (χ3n) is 4.58. The van der Waals surface area contributed by atoms with Crippen molar-refractivity contribution in [1.82, 2.24) is 4.90 Å². The van der Waals surface area contributed by atoms with Gasteiger partial charge in [-0.2, -0.15) is 0 Å². The third-order valence-corrected chi connectivity index (χ3v) is 4.58. The monoisotopic (exact) mass is 387 g/mol. The zero-order valence-electron chi connectivity index (χ0n) is 15.9. The minimum atomic E-state index is -0.668. The Hall–Kier alpha value is -2.96. The van der Waals surface area contributed by atoms with Gasteiger partial charge in [0, 0.05) is 31.6 Å². The molecule has 0 spiro atoms. The zero-order valence-corrected chi connectivity index (χ0v) is 15.9. The fraction of sp³-hybridized carbons (Fsp3) is 0.333. The molecule has 3 amide bonds. The van der Waals surface area contributed by atoms with Crippen LogP contribution in [-0.2, 0) is 11.3 Å². The van der Waals surface area contributed by atoms with Gasteiger partial charge < -0.3 is 10.2 Å². The van der Waals surface area contributed by atoms with Gasteiger partial charge in [0.15, 0.2) is 0 Å². The Morgan fingerprint density at radius 3 is 2.46 bits per heavy atom. The average Bonchev–Trinajstić information content (AvgIpc) is 2.63. The van der Waals surface area contributed by atoms with E-state index < -0.39 is 11.6 Å². The molecule has 0 bridgehead atoms. The summed E-state index contributed by atoms with van der Waals surface area (Å²) in [6.07, 6.45) is 0.704. The SMILES string of the molecule is CC(C)C(=O)Nc1ccccc1N1CCCN(Cc2cc(F)cc(F)c2)C1=O. The second kappa shape index (κ2) is 8.37. The second-order valence-corrected chi connectivity index (χ2v) is 7.15. The number of carbonyl (C=O) groups excluding carboxylic acids is 2. The molecule has 0 aromatic heterocycles. The van der Waals surface area contributed by atoms with Gasteiger partial charge >= 0.3 is 6.03 Å². The number of rotatable bonds is 5. The van der Waals surface area contributed by atoms with E-state index in [1.54, 1.807) is 47.9 Å². The number of hydrogen-bond donors (Lipinski definition) is 1. The molecule has 5 nitrogen and oxygen atoms in total. The summed E-state index contributed by atoms with van der Waals surface area (Å²) in [5, 5.41) is 2.86. The summed E-state index contributed by atoms with van der Waals surface area (Å²) >= 11 is 0. The van der Waals surface area contributed by atoms with Crippen LogP contribution in [0.25, 0.3) is 0 Å². The second-order valence-electron chi connectivity index (χ2n) is 7.15. The maximum Gasteiger partial charge on any atom is 0.324 e. The van der Waals surface area contributed by atoms with E-state index in [1.807, 2.05) is 0 Å². The lowest BCUT2D eigenvalue weighted by molar-refractivity contribution is -0.118. The average molecular weight is 387 g/mol. The first-order valence-corrected chi connectivity index (χ1v) is 9.26. The molecule has 2 aromatic rings. The number of nitrogens with zero attached hydrogens (tertiary/aromatic N) is 2. The highest BCUT2D eigenvalue weighted by Gasteiger charge is 2.28. The first-order chi connectivity index (χ1) is 13.3. The number of nitrogens with one attached hydrogen (secondary N) is 1. The van der Waals surface area contributed by atoms with Crippen molar-refractivity contribution in [2.75, 3.05) is 23.3 Å². The van der Waals surface area contributed by atoms with Gasteiger partial charge in [-0.3, -0.25) is 9.69 Å². The van der Waals surface area contributed by atoms with E-state index in [-0.39, 0.29) is 24.4 Å². The molecule has 28 heavy (non-hydrogen) atoms. The van der Waals surface area contributed by atoms with Crippen molar-refractivity contribution in [1.29, 1.82) is 0 Å². The van der Waals surface area contributed by atoms with Gasteiger partial charge in [-0.1, -0.05) is 26.0 Å². The molecule has 1 N–H and O–H groups in total. The topological polar surface area (TPSA) is 52.7 Å². The summed E-state index contributed by atoms with van der Waals surface area (Å²) in [5.74, 6) is -1.66. The molecular formula is C21H23F2N3O2. The minimum Gasteiger partial charge on any atom is -0.324 e. The fourth-order valence-electron chi connectivity index (χ4n) is 3.17. The Labute approximate surface area is 162 Å². The molecule has 1 heterocycles. The number of amides is 3. The number of benzene rings is 2. The van der Waals surface area contributed by atoms with Crippen molar-refractivity contribution in [3.63, 3.8) is 0 Å². The molecular weight excluding hydrogens is 364 g/mol. The summed E-state index contributed by atoms with van der Waals surface area (Å²) < 4.78 is 26.9. The number of anilines is 2. The minimum absolute atomic E-state index is 0.116. The Balaban J connectivity index is 1.82.